The molecule has 0 saturated heterocycles. The molecule has 0 spiro atoms. The van der Waals surface area contributed by atoms with Gasteiger partial charge in [0.2, 0.25) is 0 Å². The number of carbonyl (C=O) groups excluding carboxylic acids is 1. The zero-order chi connectivity index (χ0) is 14.4. The topological polar surface area (TPSA) is 58.4 Å². The molecule has 0 heterocycles. The Morgan fingerprint density at radius 2 is 2.16 bits per heavy atom. The number of amides is 1. The zero-order valence-electron chi connectivity index (χ0n) is 12.1. The number of nitrogens with two attached hydrogens (primary N) is 1. The molecule has 0 bridgehead atoms. The Morgan fingerprint density at radius 3 is 2.68 bits per heavy atom. The molecule has 4 nitrogen and oxygen atoms in total. The monoisotopic (exact) mass is 281 g/mol. The largest absolute Gasteiger partial charge is 0.397 e. The summed E-state index contributed by atoms with van der Waals surface area (Å²) in [5, 5.41) is 3.37. The van der Waals surface area contributed by atoms with Gasteiger partial charge in [0, 0.05) is 31.5 Å². The van der Waals surface area contributed by atoms with Crippen LogP contribution in [0.4, 0.5) is 11.4 Å². The molecule has 1 aromatic rings. The molecule has 0 fully saturated rings. The van der Waals surface area contributed by atoms with Crippen molar-refractivity contribution in [1.29, 1.82) is 0 Å². The summed E-state index contributed by atoms with van der Waals surface area (Å²) in [6, 6.07) is 5.76. The van der Waals surface area contributed by atoms with E-state index < -0.39 is 0 Å². The highest BCUT2D eigenvalue weighted by Gasteiger charge is 2.11. The molecular weight excluding hydrogens is 258 g/mol. The van der Waals surface area contributed by atoms with Crippen LogP contribution in [0, 0.1) is 0 Å². The Balaban J connectivity index is 2.75. The minimum Gasteiger partial charge on any atom is -0.397 e. The fourth-order valence-electron chi connectivity index (χ4n) is 1.69. The van der Waals surface area contributed by atoms with Gasteiger partial charge in [-0.3, -0.25) is 4.79 Å². The average molecular weight is 281 g/mol. The molecule has 0 saturated carbocycles. The first-order valence-electron chi connectivity index (χ1n) is 6.41. The van der Waals surface area contributed by atoms with Crippen molar-refractivity contribution in [2.45, 2.75) is 19.9 Å². The second kappa shape index (κ2) is 7.28. The minimum atomic E-state index is -0.0344. The molecule has 1 aromatic carbocycles. The van der Waals surface area contributed by atoms with Gasteiger partial charge in [-0.15, -0.1) is 0 Å². The van der Waals surface area contributed by atoms with Gasteiger partial charge < -0.3 is 16.0 Å². The van der Waals surface area contributed by atoms with Crippen LogP contribution >= 0.6 is 11.8 Å². The Labute approximate surface area is 119 Å². The highest BCUT2D eigenvalue weighted by atomic mass is 32.2. The molecule has 5 heteroatoms. The minimum absolute atomic E-state index is 0.0344. The van der Waals surface area contributed by atoms with E-state index >= 15 is 0 Å². The summed E-state index contributed by atoms with van der Waals surface area (Å²) in [5.41, 5.74) is 8.11. The number of thioether (sulfide) groups is 1. The molecule has 0 aliphatic rings. The van der Waals surface area contributed by atoms with Crippen LogP contribution in [0.5, 0.6) is 0 Å². The van der Waals surface area contributed by atoms with E-state index in [2.05, 4.69) is 19.2 Å². The quantitative estimate of drug-likeness (QED) is 0.787. The van der Waals surface area contributed by atoms with Gasteiger partial charge in [-0.2, -0.15) is 11.8 Å². The Morgan fingerprint density at radius 1 is 1.47 bits per heavy atom. The fourth-order valence-corrected chi connectivity index (χ4v) is 2.36. The Hall–Kier alpha value is -1.36. The first kappa shape index (κ1) is 15.7. The van der Waals surface area contributed by atoms with Crippen molar-refractivity contribution in [1.82, 2.24) is 4.90 Å². The van der Waals surface area contributed by atoms with Gasteiger partial charge >= 0.3 is 0 Å². The van der Waals surface area contributed by atoms with E-state index in [9.17, 15) is 4.79 Å². The molecule has 19 heavy (non-hydrogen) atoms. The smallest absolute Gasteiger partial charge is 0.253 e. The summed E-state index contributed by atoms with van der Waals surface area (Å²) in [6.07, 6.45) is 0. The van der Waals surface area contributed by atoms with E-state index in [0.29, 0.717) is 17.3 Å². The van der Waals surface area contributed by atoms with Crippen molar-refractivity contribution in [3.05, 3.63) is 23.8 Å². The number of benzene rings is 1. The number of carbonyl (C=O) groups is 1. The van der Waals surface area contributed by atoms with Crippen molar-refractivity contribution >= 4 is 29.0 Å². The maximum atomic E-state index is 11.8. The molecule has 1 rings (SSSR count). The number of rotatable bonds is 6. The lowest BCUT2D eigenvalue weighted by Gasteiger charge is -2.17. The molecule has 0 radical (unpaired) electrons. The lowest BCUT2D eigenvalue weighted by atomic mass is 10.1. The first-order valence-corrected chi connectivity index (χ1v) is 7.56. The number of hydrogen-bond donors (Lipinski definition) is 2. The van der Waals surface area contributed by atoms with Crippen molar-refractivity contribution < 1.29 is 4.79 Å². The maximum Gasteiger partial charge on any atom is 0.253 e. The SMILES string of the molecule is CCSCC(C)Nc1ccc(C(=O)N(C)C)cc1N. The second-order valence-corrected chi connectivity index (χ2v) is 6.03. The van der Waals surface area contributed by atoms with Crippen LogP contribution in [0.25, 0.3) is 0 Å². The third-order valence-corrected chi connectivity index (χ3v) is 3.82. The third-order valence-electron chi connectivity index (χ3n) is 2.68. The Bertz CT molecular complexity index is 435. The predicted octanol–water partition coefficient (Wildman–Crippen LogP) is 2.52. The molecule has 106 valence electrons. The Kier molecular flexibility index (Phi) is 6.02. The fraction of sp³-hybridized carbons (Fsp3) is 0.500. The number of nitrogens with zero attached hydrogens (tertiary/aromatic N) is 1. The van der Waals surface area contributed by atoms with Gasteiger partial charge in [0.05, 0.1) is 11.4 Å². The number of nitrogen functional groups attached to an aromatic ring is 1. The van der Waals surface area contributed by atoms with Gasteiger partial charge in [0.25, 0.3) is 5.91 Å². The van der Waals surface area contributed by atoms with Gasteiger partial charge in [-0.25, -0.2) is 0 Å². The van der Waals surface area contributed by atoms with Crippen LogP contribution in [0.15, 0.2) is 18.2 Å². The normalized spacial score (nSPS) is 12.0. The van der Waals surface area contributed by atoms with Crippen molar-refractivity contribution in [3.8, 4) is 0 Å². The van der Waals surface area contributed by atoms with Gasteiger partial charge in [-0.05, 0) is 30.9 Å². The molecule has 0 aliphatic carbocycles. The lowest BCUT2D eigenvalue weighted by molar-refractivity contribution is 0.0827. The van der Waals surface area contributed by atoms with Crippen LogP contribution in [0.3, 0.4) is 0 Å². The highest BCUT2D eigenvalue weighted by Crippen LogP contribution is 2.22. The van der Waals surface area contributed by atoms with Crippen molar-refractivity contribution in [3.63, 3.8) is 0 Å². The molecular formula is C14H23N3OS. The summed E-state index contributed by atoms with van der Waals surface area (Å²) in [4.78, 5) is 13.4. The molecule has 1 amide bonds. The zero-order valence-corrected chi connectivity index (χ0v) is 12.9. The van der Waals surface area contributed by atoms with Crippen LogP contribution in [0.1, 0.15) is 24.2 Å². The predicted molar refractivity (Wildman–Crippen MR) is 85.0 cm³/mol. The van der Waals surface area contributed by atoms with E-state index in [-0.39, 0.29) is 5.91 Å². The summed E-state index contributed by atoms with van der Waals surface area (Å²) in [6.45, 7) is 4.27. The summed E-state index contributed by atoms with van der Waals surface area (Å²) < 4.78 is 0. The molecule has 0 aliphatic heterocycles. The second-order valence-electron chi connectivity index (χ2n) is 4.71. The van der Waals surface area contributed by atoms with Gasteiger partial charge in [0.1, 0.15) is 0 Å². The number of nitrogens with one attached hydrogen (secondary N) is 1. The van der Waals surface area contributed by atoms with Gasteiger partial charge in [0.15, 0.2) is 0 Å². The number of anilines is 2. The molecule has 1 unspecified atom stereocenters. The van der Waals surface area contributed by atoms with Gasteiger partial charge in [-0.1, -0.05) is 6.92 Å². The van der Waals surface area contributed by atoms with Crippen LogP contribution in [-0.4, -0.2) is 42.4 Å². The van der Waals surface area contributed by atoms with E-state index in [1.165, 1.54) is 0 Å². The lowest BCUT2D eigenvalue weighted by Crippen LogP contribution is -2.22. The first-order chi connectivity index (χ1) is 8.95. The molecule has 0 aromatic heterocycles. The summed E-state index contributed by atoms with van der Waals surface area (Å²) >= 11 is 1.89. The van der Waals surface area contributed by atoms with Crippen LogP contribution in [-0.2, 0) is 0 Å². The molecule has 3 N–H and O–H groups in total. The van der Waals surface area contributed by atoms with E-state index in [0.717, 1.165) is 17.2 Å². The van der Waals surface area contributed by atoms with Crippen molar-refractivity contribution in [2.75, 3.05) is 36.7 Å². The van der Waals surface area contributed by atoms with Crippen LogP contribution < -0.4 is 11.1 Å². The third kappa shape index (κ3) is 4.67. The van der Waals surface area contributed by atoms with Crippen LogP contribution in [0.2, 0.25) is 0 Å². The summed E-state index contributed by atoms with van der Waals surface area (Å²) in [7, 11) is 3.46. The summed E-state index contributed by atoms with van der Waals surface area (Å²) in [5.74, 6) is 2.11. The highest BCUT2D eigenvalue weighted by molar-refractivity contribution is 7.99. The van der Waals surface area contributed by atoms with Crippen molar-refractivity contribution in [2.24, 2.45) is 0 Å². The maximum absolute atomic E-state index is 11.8. The average Bonchev–Trinajstić information content (AvgIpc) is 2.37. The van der Waals surface area contributed by atoms with E-state index in [1.807, 2.05) is 17.8 Å². The molecule has 1 atom stereocenters. The van der Waals surface area contributed by atoms with E-state index in [1.54, 1.807) is 31.1 Å². The van der Waals surface area contributed by atoms with E-state index in [4.69, 9.17) is 5.73 Å². The number of hydrogen-bond acceptors (Lipinski definition) is 4. The standard InChI is InChI=1S/C14H23N3OS/c1-5-19-9-10(2)16-13-7-6-11(8-12(13)15)14(18)17(3)4/h6-8,10,16H,5,9,15H2,1-4H3.